The highest BCUT2D eigenvalue weighted by Crippen LogP contribution is 2.43. The molecule has 2 aliphatic rings. The van der Waals surface area contributed by atoms with Crippen LogP contribution >= 0.6 is 8.60 Å². The summed E-state index contributed by atoms with van der Waals surface area (Å²) in [5, 5.41) is 3.25. The van der Waals surface area contributed by atoms with Gasteiger partial charge in [0, 0.05) is 25.7 Å². The van der Waals surface area contributed by atoms with Crippen LogP contribution in [0.3, 0.4) is 0 Å². The molecule has 2 aromatic heterocycles. The summed E-state index contributed by atoms with van der Waals surface area (Å²) in [5.41, 5.74) is 8.19. The molecule has 2 aliphatic heterocycles. The van der Waals surface area contributed by atoms with Crippen molar-refractivity contribution in [3.8, 4) is 0 Å². The Morgan fingerprint density at radius 2 is 2.16 bits per heavy atom. The Morgan fingerprint density at radius 3 is 2.91 bits per heavy atom. The summed E-state index contributed by atoms with van der Waals surface area (Å²) in [6.45, 7) is 8.11. The number of hydrogen-bond acceptors (Lipinski definition) is 13. The summed E-state index contributed by atoms with van der Waals surface area (Å²) in [5.74, 6) is 0.624. The predicted octanol–water partition coefficient (Wildman–Crippen LogP) is 3.64. The topological polar surface area (TPSA) is 188 Å². The molecule has 0 amide bonds. The van der Waals surface area contributed by atoms with Crippen molar-refractivity contribution in [3.63, 3.8) is 0 Å². The molecule has 5 N–H and O–H groups in total. The van der Waals surface area contributed by atoms with Gasteiger partial charge in [-0.05, 0) is 45.6 Å². The van der Waals surface area contributed by atoms with Gasteiger partial charge < -0.3 is 44.2 Å². The summed E-state index contributed by atoms with van der Waals surface area (Å²) in [6, 6.07) is 0. The molecule has 4 rings (SSSR count). The highest BCUT2D eigenvalue weighted by molar-refractivity contribution is 7.40. The van der Waals surface area contributed by atoms with Crippen LogP contribution in [0.25, 0.3) is 5.57 Å². The Kier molecular flexibility index (Phi) is 12.1. The van der Waals surface area contributed by atoms with Gasteiger partial charge in [-0.15, -0.1) is 0 Å². The molecule has 4 heterocycles. The number of aromatic amines is 1. The molecule has 2 fully saturated rings. The molecule has 43 heavy (non-hydrogen) atoms. The van der Waals surface area contributed by atoms with Crippen molar-refractivity contribution < 1.29 is 28.2 Å². The summed E-state index contributed by atoms with van der Waals surface area (Å²) >= 11 is 0. The number of allylic oxidation sites excluding steroid dienone is 1. The maximum absolute atomic E-state index is 12.4. The van der Waals surface area contributed by atoms with Crippen molar-refractivity contribution in [2.45, 2.75) is 84.0 Å². The van der Waals surface area contributed by atoms with Crippen LogP contribution in [0.5, 0.6) is 0 Å². The third-order valence-electron chi connectivity index (χ3n) is 7.38. The highest BCUT2D eigenvalue weighted by Gasteiger charge is 2.41. The Labute approximate surface area is 252 Å². The van der Waals surface area contributed by atoms with Gasteiger partial charge in [0.15, 0.2) is 11.6 Å². The zero-order valence-electron chi connectivity index (χ0n) is 25.2. The van der Waals surface area contributed by atoms with E-state index in [1.165, 1.54) is 12.7 Å². The molecular weight excluding hydrogens is 577 g/mol. The molecule has 0 saturated carbocycles. The minimum atomic E-state index is -2.22. The number of H-pyrrole nitrogens is 1. The molecule has 7 atom stereocenters. The molecule has 15 heteroatoms. The summed E-state index contributed by atoms with van der Waals surface area (Å²) < 4.78 is 29.7. The number of methoxy groups -OCH3 is 1. The van der Waals surface area contributed by atoms with Crippen LogP contribution in [0.2, 0.25) is 0 Å². The summed E-state index contributed by atoms with van der Waals surface area (Å²) in [6.07, 6.45) is 7.35. The largest absolute Gasteiger partial charge is 0.382 e. The first-order valence-corrected chi connectivity index (χ1v) is 15.5. The van der Waals surface area contributed by atoms with Crippen molar-refractivity contribution >= 4 is 37.7 Å². The minimum absolute atomic E-state index is 0.139. The van der Waals surface area contributed by atoms with Gasteiger partial charge >= 0.3 is 8.60 Å². The van der Waals surface area contributed by atoms with Gasteiger partial charge in [0.1, 0.15) is 18.2 Å². The molecule has 0 bridgehead atoms. The van der Waals surface area contributed by atoms with Crippen LogP contribution in [0.1, 0.15) is 57.7 Å². The fourth-order valence-electron chi connectivity index (χ4n) is 5.44. The fourth-order valence-corrected chi connectivity index (χ4v) is 6.34. The lowest BCUT2D eigenvalue weighted by atomic mass is 9.95. The van der Waals surface area contributed by atoms with E-state index in [0.29, 0.717) is 48.6 Å². The van der Waals surface area contributed by atoms with Crippen LogP contribution < -0.4 is 16.6 Å². The molecule has 0 aliphatic carbocycles. The quantitative estimate of drug-likeness (QED) is 0.200. The third-order valence-corrected chi connectivity index (χ3v) is 8.31. The lowest BCUT2D eigenvalue weighted by Gasteiger charge is -2.26. The average molecular weight is 620 g/mol. The van der Waals surface area contributed by atoms with Gasteiger partial charge in [-0.1, -0.05) is 13.0 Å². The van der Waals surface area contributed by atoms with E-state index in [2.05, 4.69) is 30.2 Å². The van der Waals surface area contributed by atoms with Crippen LogP contribution in [0, 0.1) is 12.8 Å². The van der Waals surface area contributed by atoms with Crippen molar-refractivity contribution in [2.75, 3.05) is 31.4 Å². The number of nitrogen functional groups attached to an aromatic ring is 1. The summed E-state index contributed by atoms with van der Waals surface area (Å²) in [7, 11) is -0.604. The van der Waals surface area contributed by atoms with Crippen LogP contribution in [-0.2, 0) is 23.3 Å². The zero-order valence-corrected chi connectivity index (χ0v) is 26.1. The molecule has 2 saturated heterocycles. The number of aryl methyl sites for hydroxylation is 1. The number of aromatic nitrogens is 4. The second-order valence-electron chi connectivity index (χ2n) is 10.7. The number of aliphatic imine (C=N–C) groups is 1. The van der Waals surface area contributed by atoms with Gasteiger partial charge in [-0.25, -0.2) is 15.0 Å². The molecule has 3 unspecified atom stereocenters. The molecule has 236 valence electrons. The lowest BCUT2D eigenvalue weighted by Crippen LogP contribution is -2.30. The Hall–Kier alpha value is -2.84. The molecule has 2 aromatic rings. The maximum atomic E-state index is 12.4. The van der Waals surface area contributed by atoms with Gasteiger partial charge in [-0.2, -0.15) is 0 Å². The normalized spacial score (nSPS) is 26.4. The number of ether oxygens (including phenoxy) is 3. The van der Waals surface area contributed by atoms with Gasteiger partial charge in [0.05, 0.1) is 55.2 Å². The van der Waals surface area contributed by atoms with E-state index in [9.17, 15) is 9.69 Å². The fraction of sp³-hybridized carbons (Fsp3) is 0.607. The van der Waals surface area contributed by atoms with Gasteiger partial charge in [-0.3, -0.25) is 9.79 Å². The molecule has 0 spiro atoms. The predicted molar refractivity (Wildman–Crippen MR) is 164 cm³/mol. The molecule has 0 radical (unpaired) electrons. The van der Waals surface area contributed by atoms with Crippen LogP contribution in [0.15, 0.2) is 28.5 Å². The van der Waals surface area contributed by atoms with E-state index < -0.39 is 14.7 Å². The lowest BCUT2D eigenvalue weighted by molar-refractivity contribution is -0.0342. The molecular formula is C28H42N7O7P. The molecule has 14 nitrogen and oxygen atoms in total. The van der Waals surface area contributed by atoms with E-state index in [1.807, 2.05) is 19.9 Å². The first kappa shape index (κ1) is 33.1. The van der Waals surface area contributed by atoms with E-state index in [0.717, 1.165) is 12.0 Å². The Balaban J connectivity index is 1.36. The average Bonchev–Trinajstić information content (AvgIpc) is 3.21. The SMILES string of the molecule is C/C=N\c1c(N)ncnc1N[C@H]1CCCC(OP(O)O[C@@H]2C[C@@H](COC)O[C@H]2C(C)/C=C(/C)c2c(C)nc[nH]c2=O)CO1. The van der Waals surface area contributed by atoms with Gasteiger partial charge in [0.2, 0.25) is 0 Å². The number of nitrogens with zero attached hydrogens (tertiary/aromatic N) is 4. The number of nitrogens with two attached hydrogens (primary N) is 1. The third kappa shape index (κ3) is 8.85. The van der Waals surface area contributed by atoms with E-state index in [-0.39, 0.29) is 48.4 Å². The monoisotopic (exact) mass is 619 g/mol. The number of nitrogens with one attached hydrogen (secondary N) is 2. The summed E-state index contributed by atoms with van der Waals surface area (Å²) in [4.78, 5) is 42.7. The van der Waals surface area contributed by atoms with Crippen molar-refractivity contribution in [1.82, 2.24) is 19.9 Å². The van der Waals surface area contributed by atoms with Crippen LogP contribution in [-0.4, -0.2) is 82.0 Å². The second kappa shape index (κ2) is 15.8. The van der Waals surface area contributed by atoms with Crippen molar-refractivity contribution in [1.29, 1.82) is 0 Å². The Bertz CT molecular complexity index is 1330. The number of hydrogen-bond donors (Lipinski definition) is 4. The van der Waals surface area contributed by atoms with E-state index in [4.69, 9.17) is 29.0 Å². The minimum Gasteiger partial charge on any atom is -0.382 e. The number of rotatable bonds is 12. The number of anilines is 2. The Morgan fingerprint density at radius 1 is 1.35 bits per heavy atom. The smallest absolute Gasteiger partial charge is 0.330 e. The second-order valence-corrected chi connectivity index (χ2v) is 11.6. The molecule has 0 aromatic carbocycles. The van der Waals surface area contributed by atoms with Crippen molar-refractivity contribution in [2.24, 2.45) is 10.9 Å². The zero-order chi connectivity index (χ0) is 30.9. The van der Waals surface area contributed by atoms with E-state index in [1.54, 1.807) is 27.2 Å². The van der Waals surface area contributed by atoms with Crippen LogP contribution in [0.4, 0.5) is 17.3 Å². The standard InChI is InChI=1S/C28H42N7O7P/c1-6-30-24-26(29)32-15-33-27(24)35-22-9-7-8-19(13-39-22)41-43(37)42-21-11-20(12-38-5)40-25(21)17(3)10-16(2)23-18(4)31-14-34-28(23)36/h6,10,14-15,17,19-22,25,37H,7-9,11-13H2,1-5H3,(H,31,34,36)(H3,29,32,33,35)/b16-10-,30-6-/t17?,19?,20-,21+,22+,25-,43?/m0/s1. The van der Waals surface area contributed by atoms with Gasteiger partial charge in [0.25, 0.3) is 5.56 Å². The first-order chi connectivity index (χ1) is 20.7. The van der Waals surface area contributed by atoms with E-state index >= 15 is 0 Å². The van der Waals surface area contributed by atoms with Crippen molar-refractivity contribution in [3.05, 3.63) is 40.3 Å². The first-order valence-electron chi connectivity index (χ1n) is 14.4. The highest BCUT2D eigenvalue weighted by atomic mass is 31.2. The maximum Gasteiger partial charge on any atom is 0.330 e.